The van der Waals surface area contributed by atoms with E-state index in [0.29, 0.717) is 5.56 Å². The molecule has 1 N–H and O–H groups in total. The van der Waals surface area contributed by atoms with Gasteiger partial charge in [0, 0.05) is 46.4 Å². The van der Waals surface area contributed by atoms with Crippen LogP contribution in [0.25, 0.3) is 21.8 Å². The summed E-state index contributed by atoms with van der Waals surface area (Å²) in [6.07, 6.45) is 0. The second kappa shape index (κ2) is 8.36. The molecule has 0 aliphatic heterocycles. The van der Waals surface area contributed by atoms with Crippen LogP contribution >= 0.6 is 0 Å². The van der Waals surface area contributed by atoms with Crippen LogP contribution in [0, 0.1) is 6.92 Å². The highest BCUT2D eigenvalue weighted by molar-refractivity contribution is 6.15. The Hall–Kier alpha value is -3.44. The third-order valence-corrected chi connectivity index (χ3v) is 5.74. The number of benzene rings is 3. The highest BCUT2D eigenvalue weighted by atomic mass is 16.7. The molecule has 5 nitrogen and oxygen atoms in total. The summed E-state index contributed by atoms with van der Waals surface area (Å²) in [5.41, 5.74) is 8.35. The predicted octanol–water partition coefficient (Wildman–Crippen LogP) is 5.48. The minimum atomic E-state index is -0.380. The van der Waals surface area contributed by atoms with Gasteiger partial charge in [0.2, 0.25) is 0 Å². The summed E-state index contributed by atoms with van der Waals surface area (Å²) in [7, 11) is 0. The number of aromatic nitrogens is 1. The Kier molecular flexibility index (Phi) is 5.61. The summed E-state index contributed by atoms with van der Waals surface area (Å²) in [4.78, 5) is 29.3. The number of rotatable bonds is 6. The molecule has 0 aliphatic carbocycles. The molecular formula is C26H26N2O3. The lowest BCUT2D eigenvalue weighted by Crippen LogP contribution is -2.21. The number of ketones is 1. The summed E-state index contributed by atoms with van der Waals surface area (Å²) in [5, 5.41) is 2.11. The van der Waals surface area contributed by atoms with Crippen LogP contribution in [-0.4, -0.2) is 16.3 Å². The fourth-order valence-electron chi connectivity index (χ4n) is 4.10. The molecule has 1 aromatic heterocycles. The smallest absolute Gasteiger partial charge is 0.321 e. The summed E-state index contributed by atoms with van der Waals surface area (Å²) in [5.74, 6) is -0.353. The number of aryl methyl sites for hydroxylation is 2. The standard InChI is InChI=1S/C26H26N2O3/c1-5-28-24-12-10-19(17(3)27-31-18(4)29)14-22(24)23-15-20(11-13-25(23)28)26(30)21-9-7-6-8-16(21)2/h6-15,17,27H,5H2,1-4H3. The van der Waals surface area contributed by atoms with Gasteiger partial charge in [-0.15, -0.1) is 5.48 Å². The zero-order valence-corrected chi connectivity index (χ0v) is 18.2. The zero-order chi connectivity index (χ0) is 22.1. The van der Waals surface area contributed by atoms with Crippen molar-refractivity contribution < 1.29 is 14.4 Å². The van der Waals surface area contributed by atoms with Gasteiger partial charge in [0.25, 0.3) is 0 Å². The Bertz CT molecular complexity index is 1300. The van der Waals surface area contributed by atoms with Crippen LogP contribution in [0.4, 0.5) is 0 Å². The Labute approximate surface area is 181 Å². The van der Waals surface area contributed by atoms with E-state index in [2.05, 4.69) is 29.1 Å². The molecule has 1 unspecified atom stereocenters. The lowest BCUT2D eigenvalue weighted by molar-refractivity contribution is -0.150. The first-order chi connectivity index (χ1) is 14.9. The maximum Gasteiger partial charge on any atom is 0.321 e. The number of hydrogen-bond donors (Lipinski definition) is 1. The average molecular weight is 415 g/mol. The van der Waals surface area contributed by atoms with Gasteiger partial charge in [-0.2, -0.15) is 0 Å². The fourth-order valence-corrected chi connectivity index (χ4v) is 4.10. The van der Waals surface area contributed by atoms with Crippen molar-refractivity contribution in [2.45, 2.75) is 40.3 Å². The highest BCUT2D eigenvalue weighted by Gasteiger charge is 2.17. The van der Waals surface area contributed by atoms with Crippen LogP contribution in [0.2, 0.25) is 0 Å². The Balaban J connectivity index is 1.84. The fraction of sp³-hybridized carbons (Fsp3) is 0.231. The van der Waals surface area contributed by atoms with E-state index >= 15 is 0 Å². The van der Waals surface area contributed by atoms with Gasteiger partial charge >= 0.3 is 5.97 Å². The average Bonchev–Trinajstić information content (AvgIpc) is 3.09. The molecular weight excluding hydrogens is 388 g/mol. The van der Waals surface area contributed by atoms with E-state index in [4.69, 9.17) is 4.84 Å². The highest BCUT2D eigenvalue weighted by Crippen LogP contribution is 2.32. The maximum atomic E-state index is 13.2. The van der Waals surface area contributed by atoms with Crippen molar-refractivity contribution in [3.8, 4) is 0 Å². The molecule has 31 heavy (non-hydrogen) atoms. The van der Waals surface area contributed by atoms with Crippen LogP contribution < -0.4 is 5.48 Å². The molecule has 0 saturated heterocycles. The minimum Gasteiger partial charge on any atom is -0.370 e. The molecule has 0 aliphatic rings. The van der Waals surface area contributed by atoms with Gasteiger partial charge in [-0.3, -0.25) is 9.59 Å². The molecule has 3 aromatic carbocycles. The van der Waals surface area contributed by atoms with Crippen molar-refractivity contribution >= 4 is 33.6 Å². The van der Waals surface area contributed by atoms with Gasteiger partial charge in [-0.05, 0) is 62.2 Å². The molecule has 4 aromatic rings. The van der Waals surface area contributed by atoms with Crippen molar-refractivity contribution in [2.75, 3.05) is 0 Å². The Morgan fingerprint density at radius 1 is 1.00 bits per heavy atom. The van der Waals surface area contributed by atoms with E-state index in [1.54, 1.807) is 0 Å². The monoisotopic (exact) mass is 414 g/mol. The largest absolute Gasteiger partial charge is 0.370 e. The SMILES string of the molecule is CCn1c2ccc(C(=O)c3ccccc3C)cc2c2cc(C(C)NOC(C)=O)ccc21. The van der Waals surface area contributed by atoms with Crippen LogP contribution in [0.15, 0.2) is 60.7 Å². The van der Waals surface area contributed by atoms with Gasteiger partial charge in [0.05, 0.1) is 6.04 Å². The third-order valence-electron chi connectivity index (χ3n) is 5.74. The second-order valence-electron chi connectivity index (χ2n) is 7.83. The molecule has 1 atom stereocenters. The molecule has 0 spiro atoms. The van der Waals surface area contributed by atoms with E-state index < -0.39 is 0 Å². The summed E-state index contributed by atoms with van der Waals surface area (Å²) in [6, 6.07) is 19.7. The van der Waals surface area contributed by atoms with Crippen molar-refractivity contribution in [3.05, 3.63) is 82.9 Å². The van der Waals surface area contributed by atoms with Gasteiger partial charge in [-0.25, -0.2) is 0 Å². The van der Waals surface area contributed by atoms with E-state index in [1.165, 1.54) is 6.92 Å². The van der Waals surface area contributed by atoms with E-state index in [9.17, 15) is 9.59 Å². The summed E-state index contributed by atoms with van der Waals surface area (Å²) >= 11 is 0. The first-order valence-electron chi connectivity index (χ1n) is 10.5. The van der Waals surface area contributed by atoms with E-state index in [1.807, 2.05) is 62.4 Å². The molecule has 0 saturated carbocycles. The predicted molar refractivity (Wildman–Crippen MR) is 123 cm³/mol. The molecule has 0 radical (unpaired) electrons. The van der Waals surface area contributed by atoms with E-state index in [0.717, 1.165) is 45.0 Å². The zero-order valence-electron chi connectivity index (χ0n) is 18.2. The van der Waals surface area contributed by atoms with Gasteiger partial charge in [-0.1, -0.05) is 30.3 Å². The van der Waals surface area contributed by atoms with Crippen molar-refractivity contribution in [1.82, 2.24) is 10.0 Å². The molecule has 4 rings (SSSR count). The van der Waals surface area contributed by atoms with Crippen LogP contribution in [0.1, 0.15) is 53.9 Å². The van der Waals surface area contributed by atoms with Crippen LogP contribution in [0.5, 0.6) is 0 Å². The minimum absolute atomic E-state index is 0.0263. The molecule has 158 valence electrons. The Morgan fingerprint density at radius 2 is 1.68 bits per heavy atom. The number of hydroxylamine groups is 1. The van der Waals surface area contributed by atoms with Crippen molar-refractivity contribution in [1.29, 1.82) is 0 Å². The number of hydrogen-bond acceptors (Lipinski definition) is 4. The van der Waals surface area contributed by atoms with E-state index in [-0.39, 0.29) is 17.8 Å². The van der Waals surface area contributed by atoms with Gasteiger partial charge < -0.3 is 9.40 Å². The van der Waals surface area contributed by atoms with Gasteiger partial charge in [0.1, 0.15) is 0 Å². The molecule has 0 bridgehead atoms. The molecule has 5 heteroatoms. The van der Waals surface area contributed by atoms with Crippen molar-refractivity contribution in [2.24, 2.45) is 0 Å². The molecule has 1 heterocycles. The normalized spacial score (nSPS) is 12.3. The van der Waals surface area contributed by atoms with Gasteiger partial charge in [0.15, 0.2) is 5.78 Å². The van der Waals surface area contributed by atoms with Crippen LogP contribution in [0.3, 0.4) is 0 Å². The second-order valence-corrected chi connectivity index (χ2v) is 7.83. The summed E-state index contributed by atoms with van der Waals surface area (Å²) < 4.78 is 2.25. The number of nitrogens with one attached hydrogen (secondary N) is 1. The summed E-state index contributed by atoms with van der Waals surface area (Å²) in [6.45, 7) is 8.20. The third kappa shape index (κ3) is 3.84. The number of nitrogens with zero attached hydrogens (tertiary/aromatic N) is 1. The van der Waals surface area contributed by atoms with Crippen LogP contribution in [-0.2, 0) is 16.2 Å². The number of fused-ring (bicyclic) bond motifs is 3. The lowest BCUT2D eigenvalue weighted by Gasteiger charge is -2.13. The maximum absolute atomic E-state index is 13.2. The molecule has 0 amide bonds. The lowest BCUT2D eigenvalue weighted by atomic mass is 9.97. The topological polar surface area (TPSA) is 60.3 Å². The first-order valence-corrected chi connectivity index (χ1v) is 10.5. The quantitative estimate of drug-likeness (QED) is 0.335. The number of carbonyl (C=O) groups is 2. The Morgan fingerprint density at radius 3 is 2.35 bits per heavy atom. The van der Waals surface area contributed by atoms with Crippen molar-refractivity contribution in [3.63, 3.8) is 0 Å². The first kappa shape index (κ1) is 20.8. The molecule has 0 fully saturated rings. The number of carbonyl (C=O) groups excluding carboxylic acids is 2.